The number of nitrogens with zero attached hydrogens (tertiary/aromatic N) is 3. The maximum Gasteiger partial charge on any atom is 0.247 e. The molecule has 0 radical (unpaired) electrons. The minimum Gasteiger partial charge on any atom is -0.448 e. The lowest BCUT2D eigenvalue weighted by atomic mass is 10.1. The highest BCUT2D eigenvalue weighted by Crippen LogP contribution is 2.37. The minimum atomic E-state index is -0.344. The van der Waals surface area contributed by atoms with Gasteiger partial charge in [0.1, 0.15) is 0 Å². The van der Waals surface area contributed by atoms with Gasteiger partial charge in [0.2, 0.25) is 11.0 Å². The minimum absolute atomic E-state index is 0.344. The van der Waals surface area contributed by atoms with Gasteiger partial charge in [0, 0.05) is 17.0 Å². The molecule has 28 heavy (non-hydrogen) atoms. The van der Waals surface area contributed by atoms with Crippen molar-refractivity contribution in [1.82, 2.24) is 15.2 Å². The molecule has 6 heteroatoms. The van der Waals surface area contributed by atoms with E-state index in [1.807, 2.05) is 42.5 Å². The molecule has 1 aliphatic rings. The summed E-state index contributed by atoms with van der Waals surface area (Å²) in [4.78, 5) is 4.65. The number of hydrogen-bond acceptors (Lipinski definition) is 6. The molecule has 2 aromatic carbocycles. The molecular weight excluding hydrogens is 368 g/mol. The Morgan fingerprint density at radius 1 is 1.11 bits per heavy atom. The van der Waals surface area contributed by atoms with Gasteiger partial charge >= 0.3 is 0 Å². The number of para-hydroxylation sites is 1. The zero-order chi connectivity index (χ0) is 19.3. The number of aromatic nitrogens is 3. The van der Waals surface area contributed by atoms with E-state index in [2.05, 4.69) is 52.6 Å². The van der Waals surface area contributed by atoms with Crippen molar-refractivity contribution in [2.24, 2.45) is 0 Å². The Morgan fingerprint density at radius 2 is 1.89 bits per heavy atom. The van der Waals surface area contributed by atoms with Gasteiger partial charge in [-0.3, -0.25) is 0 Å². The molecule has 0 aliphatic carbocycles. The average molecular weight is 391 g/mol. The van der Waals surface area contributed by atoms with Gasteiger partial charge in [-0.15, -0.1) is 10.2 Å². The first kappa shape index (κ1) is 18.5. The van der Waals surface area contributed by atoms with Gasteiger partial charge in [-0.1, -0.05) is 73.3 Å². The second kappa shape index (κ2) is 8.44. The number of ether oxygens (including phenoxy) is 1. The van der Waals surface area contributed by atoms with E-state index >= 15 is 0 Å². The molecule has 0 saturated carbocycles. The first-order chi connectivity index (χ1) is 13.7. The van der Waals surface area contributed by atoms with Gasteiger partial charge in [-0.05, 0) is 30.5 Å². The highest BCUT2D eigenvalue weighted by atomic mass is 32.2. The van der Waals surface area contributed by atoms with Crippen molar-refractivity contribution in [3.8, 4) is 17.1 Å². The Labute approximate surface area is 169 Å². The molecule has 1 atom stereocenters. The fourth-order valence-corrected chi connectivity index (χ4v) is 3.63. The van der Waals surface area contributed by atoms with E-state index in [9.17, 15) is 0 Å². The smallest absolute Gasteiger partial charge is 0.247 e. The summed E-state index contributed by atoms with van der Waals surface area (Å²) in [7, 11) is 0. The van der Waals surface area contributed by atoms with Crippen LogP contribution in [-0.2, 0) is 0 Å². The lowest BCUT2D eigenvalue weighted by molar-refractivity contribution is 0.255. The van der Waals surface area contributed by atoms with Gasteiger partial charge in [-0.2, -0.15) is 4.98 Å². The SMILES string of the molecule is CCCSc1nnc2c(n1)O[C@@H](/C(C)=C/c1ccccc1)Nc1ccccc1-2. The topological polar surface area (TPSA) is 59.9 Å². The zero-order valence-electron chi connectivity index (χ0n) is 15.9. The molecule has 0 fully saturated rings. The highest BCUT2D eigenvalue weighted by molar-refractivity contribution is 7.99. The van der Waals surface area contributed by atoms with Crippen LogP contribution in [0.2, 0.25) is 0 Å². The van der Waals surface area contributed by atoms with Crippen molar-refractivity contribution in [2.45, 2.75) is 31.7 Å². The van der Waals surface area contributed by atoms with Crippen LogP contribution in [0.4, 0.5) is 5.69 Å². The zero-order valence-corrected chi connectivity index (χ0v) is 16.7. The summed E-state index contributed by atoms with van der Waals surface area (Å²) in [5.41, 5.74) is 4.74. The number of benzene rings is 2. The first-order valence-corrected chi connectivity index (χ1v) is 10.4. The third kappa shape index (κ3) is 4.02. The van der Waals surface area contributed by atoms with E-state index in [0.717, 1.165) is 34.6 Å². The second-order valence-electron chi connectivity index (χ2n) is 6.58. The van der Waals surface area contributed by atoms with Crippen molar-refractivity contribution in [3.63, 3.8) is 0 Å². The Hall–Kier alpha value is -2.86. The van der Waals surface area contributed by atoms with Crippen molar-refractivity contribution >= 4 is 23.5 Å². The molecular formula is C22H22N4OS. The molecule has 142 valence electrons. The van der Waals surface area contributed by atoms with Gasteiger partial charge in [0.15, 0.2) is 11.9 Å². The van der Waals surface area contributed by atoms with E-state index in [1.165, 1.54) is 0 Å². The fourth-order valence-electron chi connectivity index (χ4n) is 3.00. The molecule has 1 N–H and O–H groups in total. The normalized spacial score (nSPS) is 15.6. The van der Waals surface area contributed by atoms with Crippen LogP contribution in [0, 0.1) is 0 Å². The molecule has 3 aromatic rings. The van der Waals surface area contributed by atoms with Crippen molar-refractivity contribution in [3.05, 3.63) is 65.7 Å². The van der Waals surface area contributed by atoms with Crippen molar-refractivity contribution in [1.29, 1.82) is 0 Å². The van der Waals surface area contributed by atoms with Crippen LogP contribution in [0.1, 0.15) is 25.8 Å². The second-order valence-corrected chi connectivity index (χ2v) is 7.65. The van der Waals surface area contributed by atoms with Crippen LogP contribution < -0.4 is 10.1 Å². The molecule has 0 amide bonds. The molecule has 0 saturated heterocycles. The van der Waals surface area contributed by atoms with Crippen LogP contribution >= 0.6 is 11.8 Å². The predicted octanol–water partition coefficient (Wildman–Crippen LogP) is 5.27. The molecule has 4 rings (SSSR count). The van der Waals surface area contributed by atoms with Crippen LogP contribution in [0.3, 0.4) is 0 Å². The van der Waals surface area contributed by atoms with E-state index < -0.39 is 0 Å². The number of rotatable bonds is 5. The van der Waals surface area contributed by atoms with E-state index in [1.54, 1.807) is 11.8 Å². The number of hydrogen-bond donors (Lipinski definition) is 1. The van der Waals surface area contributed by atoms with Crippen LogP contribution in [-0.4, -0.2) is 27.2 Å². The maximum absolute atomic E-state index is 6.29. The fraction of sp³-hybridized carbons (Fsp3) is 0.227. The maximum atomic E-state index is 6.29. The third-order valence-corrected chi connectivity index (χ3v) is 5.42. The predicted molar refractivity (Wildman–Crippen MR) is 114 cm³/mol. The molecule has 0 unspecified atom stereocenters. The van der Waals surface area contributed by atoms with Gasteiger partial charge < -0.3 is 10.1 Å². The Bertz CT molecular complexity index is 991. The van der Waals surface area contributed by atoms with E-state index in [4.69, 9.17) is 4.74 Å². The summed E-state index contributed by atoms with van der Waals surface area (Å²) in [6.07, 6.45) is 2.83. The Morgan fingerprint density at radius 3 is 2.71 bits per heavy atom. The summed E-state index contributed by atoms with van der Waals surface area (Å²) in [5.74, 6) is 1.46. The molecule has 2 heterocycles. The van der Waals surface area contributed by atoms with Crippen LogP contribution in [0.5, 0.6) is 5.88 Å². The Kier molecular flexibility index (Phi) is 5.58. The molecule has 5 nitrogen and oxygen atoms in total. The van der Waals surface area contributed by atoms with Crippen molar-refractivity contribution < 1.29 is 4.74 Å². The van der Waals surface area contributed by atoms with E-state index in [-0.39, 0.29) is 6.23 Å². The molecule has 1 aliphatic heterocycles. The average Bonchev–Trinajstić information content (AvgIpc) is 2.89. The largest absolute Gasteiger partial charge is 0.448 e. The summed E-state index contributed by atoms with van der Waals surface area (Å²) in [6.45, 7) is 4.19. The van der Waals surface area contributed by atoms with Gasteiger partial charge in [0.25, 0.3) is 0 Å². The Balaban J connectivity index is 1.73. The van der Waals surface area contributed by atoms with Gasteiger partial charge in [-0.25, -0.2) is 0 Å². The molecule has 1 aromatic heterocycles. The molecule has 0 bridgehead atoms. The van der Waals surface area contributed by atoms with Gasteiger partial charge in [0.05, 0.1) is 0 Å². The van der Waals surface area contributed by atoms with Crippen molar-refractivity contribution in [2.75, 3.05) is 11.1 Å². The summed E-state index contributed by atoms with van der Waals surface area (Å²) in [6, 6.07) is 18.2. The highest BCUT2D eigenvalue weighted by Gasteiger charge is 2.25. The lowest BCUT2D eigenvalue weighted by Crippen LogP contribution is -2.27. The van der Waals surface area contributed by atoms with Crippen LogP contribution in [0.25, 0.3) is 17.3 Å². The summed E-state index contributed by atoms with van der Waals surface area (Å²) >= 11 is 1.59. The third-order valence-electron chi connectivity index (χ3n) is 4.38. The first-order valence-electron chi connectivity index (χ1n) is 9.38. The van der Waals surface area contributed by atoms with E-state index in [0.29, 0.717) is 16.7 Å². The summed E-state index contributed by atoms with van der Waals surface area (Å²) < 4.78 is 6.29. The number of fused-ring (bicyclic) bond motifs is 3. The summed E-state index contributed by atoms with van der Waals surface area (Å²) in [5, 5.41) is 12.8. The monoisotopic (exact) mass is 390 g/mol. The standard InChI is InChI=1S/C22H22N4OS/c1-3-13-28-22-24-21-19(25-26-22)17-11-7-8-12-18(17)23-20(27-21)15(2)14-16-9-5-4-6-10-16/h4-12,14,20,23H,3,13H2,1-2H3/b15-14+/t20-/m0/s1. The number of nitrogens with one attached hydrogen (secondary N) is 1. The number of anilines is 1. The number of thioether (sulfide) groups is 1. The molecule has 0 spiro atoms. The van der Waals surface area contributed by atoms with Crippen LogP contribution in [0.15, 0.2) is 65.3 Å². The quantitative estimate of drug-likeness (QED) is 0.599. The lowest BCUT2D eigenvalue weighted by Gasteiger charge is -2.20.